The van der Waals surface area contributed by atoms with Crippen LogP contribution in [0.5, 0.6) is 0 Å². The van der Waals surface area contributed by atoms with Crippen molar-refractivity contribution in [3.8, 4) is 0 Å². The molecule has 1 unspecified atom stereocenters. The number of hydrogen-bond donors (Lipinski definition) is 3. The highest BCUT2D eigenvalue weighted by Gasteiger charge is 2.22. The van der Waals surface area contributed by atoms with Crippen molar-refractivity contribution in [2.45, 2.75) is 32.2 Å². The summed E-state index contributed by atoms with van der Waals surface area (Å²) in [4.78, 5) is 37.9. The molecule has 0 aliphatic rings. The van der Waals surface area contributed by atoms with Gasteiger partial charge in [-0.2, -0.15) is 0 Å². The Hall–Kier alpha value is -3.55. The Morgan fingerprint density at radius 1 is 0.889 bits per heavy atom. The van der Waals surface area contributed by atoms with Crippen molar-refractivity contribution in [3.63, 3.8) is 0 Å². The van der Waals surface area contributed by atoms with E-state index in [2.05, 4.69) is 16.0 Å². The fraction of sp³-hybridized carbons (Fsp3) is 0.222. The molecule has 0 fully saturated rings. The van der Waals surface area contributed by atoms with Gasteiger partial charge in [-0.15, -0.1) is 0 Å². The van der Waals surface area contributed by atoms with Crippen molar-refractivity contribution in [1.82, 2.24) is 5.32 Å². The molecule has 0 bridgehead atoms. The van der Waals surface area contributed by atoms with Crippen LogP contribution < -0.4 is 16.0 Å². The van der Waals surface area contributed by atoms with Gasteiger partial charge < -0.3 is 20.7 Å². The highest BCUT2D eigenvalue weighted by molar-refractivity contribution is 6.44. The largest absolute Gasteiger partial charge is 0.462 e. The standard InChI is InChI=1S/C27H27Cl2N3O4/c1-2-3-16-36-26(34)19-12-14-20(15-13-19)30-25(33)23(17-18-8-5-4-6-9-18)32-27(35)31-22-11-7-10-21(28)24(22)29/h4-15,23H,2-3,16-17H2,1H3,(H,30,33)(H2,31,32,35). The second kappa shape index (κ2) is 13.5. The minimum absolute atomic E-state index is 0.201. The summed E-state index contributed by atoms with van der Waals surface area (Å²) in [6, 6.07) is 19.1. The normalized spacial score (nSPS) is 11.3. The molecule has 0 aromatic heterocycles. The molecule has 3 N–H and O–H groups in total. The van der Waals surface area contributed by atoms with Crippen molar-refractivity contribution in [2.75, 3.05) is 17.2 Å². The highest BCUT2D eigenvalue weighted by Crippen LogP contribution is 2.29. The molecule has 3 aromatic carbocycles. The van der Waals surface area contributed by atoms with Crippen LogP contribution in [0.3, 0.4) is 0 Å². The van der Waals surface area contributed by atoms with Gasteiger partial charge in [-0.1, -0.05) is 72.9 Å². The molecule has 0 aliphatic heterocycles. The molecular formula is C27H27Cl2N3O4. The summed E-state index contributed by atoms with van der Waals surface area (Å²) in [5, 5.41) is 8.62. The lowest BCUT2D eigenvalue weighted by Crippen LogP contribution is -2.47. The van der Waals surface area contributed by atoms with E-state index in [4.69, 9.17) is 27.9 Å². The van der Waals surface area contributed by atoms with Gasteiger partial charge in [0.2, 0.25) is 5.91 Å². The van der Waals surface area contributed by atoms with Crippen LogP contribution in [0.4, 0.5) is 16.2 Å². The van der Waals surface area contributed by atoms with Crippen LogP contribution in [0.15, 0.2) is 72.8 Å². The smallest absolute Gasteiger partial charge is 0.338 e. The van der Waals surface area contributed by atoms with Gasteiger partial charge >= 0.3 is 12.0 Å². The van der Waals surface area contributed by atoms with Crippen LogP contribution in [0.1, 0.15) is 35.7 Å². The molecule has 0 saturated heterocycles. The van der Waals surface area contributed by atoms with Crippen molar-refractivity contribution < 1.29 is 19.1 Å². The zero-order valence-electron chi connectivity index (χ0n) is 19.7. The summed E-state index contributed by atoms with van der Waals surface area (Å²) in [6.07, 6.45) is 1.98. The Bertz CT molecular complexity index is 1190. The third-order valence-corrected chi connectivity index (χ3v) is 6.04. The lowest BCUT2D eigenvalue weighted by Gasteiger charge is -2.19. The third-order valence-electron chi connectivity index (χ3n) is 5.22. The molecule has 7 nitrogen and oxygen atoms in total. The first-order chi connectivity index (χ1) is 17.4. The monoisotopic (exact) mass is 527 g/mol. The first-order valence-corrected chi connectivity index (χ1v) is 12.3. The Morgan fingerprint density at radius 2 is 1.61 bits per heavy atom. The number of nitrogens with one attached hydrogen (secondary N) is 3. The number of benzene rings is 3. The topological polar surface area (TPSA) is 96.5 Å². The second-order valence-electron chi connectivity index (χ2n) is 8.00. The van der Waals surface area contributed by atoms with E-state index >= 15 is 0 Å². The zero-order valence-corrected chi connectivity index (χ0v) is 21.2. The van der Waals surface area contributed by atoms with Crippen LogP contribution >= 0.6 is 23.2 Å². The SMILES string of the molecule is CCCCOC(=O)c1ccc(NC(=O)C(Cc2ccccc2)NC(=O)Nc2cccc(Cl)c2Cl)cc1. The number of esters is 1. The number of carbonyl (C=O) groups excluding carboxylic acids is 3. The predicted octanol–water partition coefficient (Wildman–Crippen LogP) is 6.32. The fourth-order valence-electron chi connectivity index (χ4n) is 3.29. The molecule has 0 saturated carbocycles. The summed E-state index contributed by atoms with van der Waals surface area (Å²) >= 11 is 12.2. The maximum absolute atomic E-state index is 13.1. The minimum Gasteiger partial charge on any atom is -0.462 e. The van der Waals surface area contributed by atoms with Gasteiger partial charge in [0.1, 0.15) is 6.04 Å². The average molecular weight is 528 g/mol. The molecule has 3 aromatic rings. The predicted molar refractivity (Wildman–Crippen MR) is 143 cm³/mol. The molecular weight excluding hydrogens is 501 g/mol. The van der Waals surface area contributed by atoms with Crippen LogP contribution in [0, 0.1) is 0 Å². The number of urea groups is 1. The number of halogens is 2. The van der Waals surface area contributed by atoms with Gasteiger partial charge in [0.15, 0.2) is 0 Å². The van der Waals surface area contributed by atoms with E-state index in [-0.39, 0.29) is 11.4 Å². The van der Waals surface area contributed by atoms with Crippen molar-refractivity contribution >= 4 is 52.5 Å². The van der Waals surface area contributed by atoms with E-state index in [9.17, 15) is 14.4 Å². The summed E-state index contributed by atoms with van der Waals surface area (Å²) in [5.41, 5.74) is 2.05. The average Bonchev–Trinajstić information content (AvgIpc) is 2.87. The highest BCUT2D eigenvalue weighted by atomic mass is 35.5. The first kappa shape index (κ1) is 27.0. The van der Waals surface area contributed by atoms with Crippen LogP contribution in [0.2, 0.25) is 10.0 Å². The maximum Gasteiger partial charge on any atom is 0.338 e. The van der Waals surface area contributed by atoms with E-state index in [1.54, 1.807) is 42.5 Å². The van der Waals surface area contributed by atoms with Gasteiger partial charge in [0.05, 0.1) is 27.9 Å². The number of rotatable bonds is 10. The summed E-state index contributed by atoms with van der Waals surface area (Å²) in [7, 11) is 0. The Kier molecular flexibility index (Phi) is 10.2. The quantitative estimate of drug-likeness (QED) is 0.212. The number of anilines is 2. The van der Waals surface area contributed by atoms with Crippen LogP contribution in [0.25, 0.3) is 0 Å². The Morgan fingerprint density at radius 3 is 2.31 bits per heavy atom. The molecule has 0 spiro atoms. The molecule has 9 heteroatoms. The number of unbranched alkanes of at least 4 members (excludes halogenated alkanes) is 1. The van der Waals surface area contributed by atoms with Gasteiger partial charge in [-0.05, 0) is 48.4 Å². The molecule has 0 radical (unpaired) electrons. The van der Waals surface area contributed by atoms with Crippen molar-refractivity contribution in [3.05, 3.63) is 94.0 Å². The van der Waals surface area contributed by atoms with Crippen molar-refractivity contribution in [1.29, 1.82) is 0 Å². The molecule has 3 rings (SSSR count). The van der Waals surface area contributed by atoms with Gasteiger partial charge in [-0.25, -0.2) is 9.59 Å². The Balaban J connectivity index is 1.69. The first-order valence-electron chi connectivity index (χ1n) is 11.5. The van der Waals surface area contributed by atoms with E-state index in [1.807, 2.05) is 37.3 Å². The molecule has 0 heterocycles. The molecule has 1 atom stereocenters. The van der Waals surface area contributed by atoms with Crippen LogP contribution in [-0.2, 0) is 16.0 Å². The summed E-state index contributed by atoms with van der Waals surface area (Å²) < 4.78 is 5.20. The minimum atomic E-state index is -0.899. The maximum atomic E-state index is 13.1. The number of carbonyl (C=O) groups is 3. The van der Waals surface area contributed by atoms with E-state index in [0.29, 0.717) is 28.6 Å². The molecule has 3 amide bonds. The lowest BCUT2D eigenvalue weighted by molar-refractivity contribution is -0.117. The third kappa shape index (κ3) is 8.00. The fourth-order valence-corrected chi connectivity index (χ4v) is 3.64. The molecule has 36 heavy (non-hydrogen) atoms. The van der Waals surface area contributed by atoms with E-state index < -0.39 is 23.9 Å². The number of hydrogen-bond acceptors (Lipinski definition) is 4. The van der Waals surface area contributed by atoms with Gasteiger partial charge in [-0.3, -0.25) is 4.79 Å². The summed E-state index contributed by atoms with van der Waals surface area (Å²) in [5.74, 6) is -0.842. The van der Waals surface area contributed by atoms with E-state index in [0.717, 1.165) is 18.4 Å². The lowest BCUT2D eigenvalue weighted by atomic mass is 10.1. The van der Waals surface area contributed by atoms with Gasteiger partial charge in [0.25, 0.3) is 0 Å². The Labute approximate surface area is 220 Å². The van der Waals surface area contributed by atoms with Crippen LogP contribution in [-0.4, -0.2) is 30.6 Å². The second-order valence-corrected chi connectivity index (χ2v) is 8.78. The molecule has 188 valence electrons. The number of amides is 3. The van der Waals surface area contributed by atoms with Crippen molar-refractivity contribution in [2.24, 2.45) is 0 Å². The number of ether oxygens (including phenoxy) is 1. The van der Waals surface area contributed by atoms with Gasteiger partial charge in [0, 0.05) is 12.1 Å². The van der Waals surface area contributed by atoms with E-state index in [1.165, 1.54) is 0 Å². The zero-order chi connectivity index (χ0) is 25.9. The molecule has 0 aliphatic carbocycles. The summed E-state index contributed by atoms with van der Waals surface area (Å²) in [6.45, 7) is 2.38.